The zero-order valence-corrected chi connectivity index (χ0v) is 12.4. The maximum atomic E-state index is 10.9. The lowest BCUT2D eigenvalue weighted by Gasteiger charge is -2.37. The first-order valence-corrected chi connectivity index (χ1v) is 7.75. The number of hydrogen-bond donors (Lipinski definition) is 1. The van der Waals surface area contributed by atoms with Gasteiger partial charge in [-0.1, -0.05) is 31.5 Å². The molecule has 3 rings (SSSR count). The summed E-state index contributed by atoms with van der Waals surface area (Å²) in [5.41, 5.74) is 0.849. The van der Waals surface area contributed by atoms with E-state index in [1.807, 2.05) is 24.3 Å². The van der Waals surface area contributed by atoms with E-state index in [0.29, 0.717) is 5.92 Å². The van der Waals surface area contributed by atoms with Crippen LogP contribution >= 0.6 is 0 Å². The molecule has 0 bridgehead atoms. The van der Waals surface area contributed by atoms with E-state index in [1.54, 1.807) is 6.26 Å². The Balaban J connectivity index is 1.93. The Morgan fingerprint density at radius 2 is 2.10 bits per heavy atom. The Labute approximate surface area is 125 Å². The third kappa shape index (κ3) is 2.34. The summed E-state index contributed by atoms with van der Waals surface area (Å²) in [7, 11) is 0. The first-order chi connectivity index (χ1) is 10.2. The Morgan fingerprint density at radius 1 is 1.38 bits per heavy atom. The van der Waals surface area contributed by atoms with Crippen LogP contribution in [-0.4, -0.2) is 5.11 Å². The summed E-state index contributed by atoms with van der Waals surface area (Å²) in [5, 5.41) is 21.5. The van der Waals surface area contributed by atoms with Crippen LogP contribution in [0.2, 0.25) is 0 Å². The number of furan rings is 1. The molecule has 1 saturated carbocycles. The summed E-state index contributed by atoms with van der Waals surface area (Å²) in [6.45, 7) is 2.20. The molecule has 1 N–H and O–H groups in total. The summed E-state index contributed by atoms with van der Waals surface area (Å²) in [4.78, 5) is 0. The van der Waals surface area contributed by atoms with E-state index in [0.717, 1.165) is 48.6 Å². The minimum Gasteiger partial charge on any atom is -0.464 e. The minimum atomic E-state index is -0.774. The molecule has 21 heavy (non-hydrogen) atoms. The van der Waals surface area contributed by atoms with Crippen molar-refractivity contribution in [3.8, 4) is 6.07 Å². The Bertz CT molecular complexity index is 659. The summed E-state index contributed by atoms with van der Waals surface area (Å²) in [6.07, 6.45) is 5.58. The second-order valence-corrected chi connectivity index (χ2v) is 6.21. The lowest BCUT2D eigenvalue weighted by molar-refractivity contribution is 0.0247. The van der Waals surface area contributed by atoms with Crippen molar-refractivity contribution in [3.63, 3.8) is 0 Å². The van der Waals surface area contributed by atoms with Crippen molar-refractivity contribution in [1.29, 1.82) is 5.26 Å². The molecule has 0 aliphatic heterocycles. The minimum absolute atomic E-state index is 0.668. The third-order valence-electron chi connectivity index (χ3n) is 5.13. The number of aliphatic hydroxyl groups excluding tert-OH is 1. The summed E-state index contributed by atoms with van der Waals surface area (Å²) in [5.74, 6) is 0.694. The van der Waals surface area contributed by atoms with E-state index in [9.17, 15) is 10.4 Å². The standard InChI is InChI=1S/C18H21NO2/c1-2-13-7-9-18(12-19,10-8-13)17(20)15-11-21-16-6-4-3-5-14(15)16/h3-6,11,13,17,20H,2,7-10H2,1H3. The Hall–Kier alpha value is -1.79. The summed E-state index contributed by atoms with van der Waals surface area (Å²) >= 11 is 0. The number of rotatable bonds is 3. The van der Waals surface area contributed by atoms with Gasteiger partial charge in [0.2, 0.25) is 0 Å². The zero-order chi connectivity index (χ0) is 14.9. The normalized spacial score (nSPS) is 27.4. The van der Waals surface area contributed by atoms with Gasteiger partial charge in [0.25, 0.3) is 0 Å². The average Bonchev–Trinajstić information content (AvgIpc) is 2.98. The van der Waals surface area contributed by atoms with Crippen molar-refractivity contribution in [1.82, 2.24) is 0 Å². The molecule has 3 heteroatoms. The molecule has 0 spiro atoms. The number of aliphatic hydroxyl groups is 1. The highest BCUT2D eigenvalue weighted by Gasteiger charge is 2.43. The molecule has 1 aromatic carbocycles. The van der Waals surface area contributed by atoms with E-state index < -0.39 is 11.5 Å². The lowest BCUT2D eigenvalue weighted by Crippen LogP contribution is -2.32. The van der Waals surface area contributed by atoms with Gasteiger partial charge in [-0.15, -0.1) is 0 Å². The molecule has 1 fully saturated rings. The number of nitrogens with zero attached hydrogens (tertiary/aromatic N) is 1. The monoisotopic (exact) mass is 283 g/mol. The number of nitriles is 1. The molecule has 0 amide bonds. The molecular weight excluding hydrogens is 262 g/mol. The van der Waals surface area contributed by atoms with Crippen molar-refractivity contribution in [2.45, 2.75) is 45.1 Å². The molecular formula is C18H21NO2. The topological polar surface area (TPSA) is 57.2 Å². The fourth-order valence-electron chi connectivity index (χ4n) is 3.56. The third-order valence-corrected chi connectivity index (χ3v) is 5.13. The Morgan fingerprint density at radius 3 is 2.76 bits per heavy atom. The van der Waals surface area contributed by atoms with Gasteiger partial charge >= 0.3 is 0 Å². The van der Waals surface area contributed by atoms with Gasteiger partial charge in [0, 0.05) is 10.9 Å². The maximum Gasteiger partial charge on any atom is 0.134 e. The quantitative estimate of drug-likeness (QED) is 0.897. The molecule has 1 heterocycles. The predicted molar refractivity (Wildman–Crippen MR) is 81.5 cm³/mol. The van der Waals surface area contributed by atoms with Crippen LogP contribution in [0.15, 0.2) is 34.9 Å². The van der Waals surface area contributed by atoms with Crippen molar-refractivity contribution in [2.24, 2.45) is 11.3 Å². The zero-order valence-electron chi connectivity index (χ0n) is 12.4. The molecule has 2 aromatic rings. The van der Waals surface area contributed by atoms with Gasteiger partial charge in [0.05, 0.1) is 17.7 Å². The van der Waals surface area contributed by atoms with Crippen molar-refractivity contribution in [3.05, 3.63) is 36.1 Å². The maximum absolute atomic E-state index is 10.9. The number of fused-ring (bicyclic) bond motifs is 1. The van der Waals surface area contributed by atoms with E-state index >= 15 is 0 Å². The molecule has 3 nitrogen and oxygen atoms in total. The van der Waals surface area contributed by atoms with E-state index in [1.165, 1.54) is 0 Å². The Kier molecular flexibility index (Phi) is 3.73. The fourth-order valence-corrected chi connectivity index (χ4v) is 3.56. The van der Waals surface area contributed by atoms with Gasteiger partial charge in [0.15, 0.2) is 0 Å². The van der Waals surface area contributed by atoms with Gasteiger partial charge in [-0.05, 0) is 37.7 Å². The van der Waals surface area contributed by atoms with E-state index in [4.69, 9.17) is 4.42 Å². The van der Waals surface area contributed by atoms with Crippen LogP contribution in [0.25, 0.3) is 11.0 Å². The van der Waals surface area contributed by atoms with Crippen LogP contribution in [0.5, 0.6) is 0 Å². The highest BCUT2D eigenvalue weighted by molar-refractivity contribution is 5.81. The van der Waals surface area contributed by atoms with Gasteiger partial charge in [-0.3, -0.25) is 0 Å². The number of hydrogen-bond acceptors (Lipinski definition) is 3. The van der Waals surface area contributed by atoms with Crippen LogP contribution in [0.4, 0.5) is 0 Å². The summed E-state index contributed by atoms with van der Waals surface area (Å²) in [6, 6.07) is 10.1. The van der Waals surface area contributed by atoms with Gasteiger partial charge in [-0.25, -0.2) is 0 Å². The van der Waals surface area contributed by atoms with Gasteiger partial charge in [-0.2, -0.15) is 5.26 Å². The van der Waals surface area contributed by atoms with Crippen LogP contribution < -0.4 is 0 Å². The molecule has 1 aliphatic rings. The second kappa shape index (κ2) is 5.54. The molecule has 110 valence electrons. The number of para-hydroxylation sites is 1. The molecule has 0 saturated heterocycles. The predicted octanol–water partition coefficient (Wildman–Crippen LogP) is 4.58. The first kappa shape index (κ1) is 14.2. The highest BCUT2D eigenvalue weighted by Crippen LogP contribution is 2.49. The van der Waals surface area contributed by atoms with Crippen LogP contribution in [-0.2, 0) is 0 Å². The molecule has 1 unspecified atom stereocenters. The second-order valence-electron chi connectivity index (χ2n) is 6.21. The molecule has 1 aromatic heterocycles. The van der Waals surface area contributed by atoms with Crippen LogP contribution in [0.1, 0.15) is 50.7 Å². The lowest BCUT2D eigenvalue weighted by atomic mass is 9.66. The molecule has 0 radical (unpaired) electrons. The van der Waals surface area contributed by atoms with E-state index in [2.05, 4.69) is 13.0 Å². The van der Waals surface area contributed by atoms with Gasteiger partial charge < -0.3 is 9.52 Å². The largest absolute Gasteiger partial charge is 0.464 e. The smallest absolute Gasteiger partial charge is 0.134 e. The fraction of sp³-hybridized carbons (Fsp3) is 0.500. The van der Waals surface area contributed by atoms with Crippen molar-refractivity contribution >= 4 is 11.0 Å². The van der Waals surface area contributed by atoms with Crippen LogP contribution in [0.3, 0.4) is 0 Å². The molecule has 1 atom stereocenters. The van der Waals surface area contributed by atoms with E-state index in [-0.39, 0.29) is 0 Å². The van der Waals surface area contributed by atoms with Gasteiger partial charge in [0.1, 0.15) is 11.7 Å². The SMILES string of the molecule is CCC1CCC(C#N)(C(O)c2coc3ccccc23)CC1. The van der Waals surface area contributed by atoms with Crippen molar-refractivity contribution < 1.29 is 9.52 Å². The van der Waals surface area contributed by atoms with Crippen molar-refractivity contribution in [2.75, 3.05) is 0 Å². The first-order valence-electron chi connectivity index (χ1n) is 7.75. The summed E-state index contributed by atoms with van der Waals surface area (Å²) < 4.78 is 5.52. The average molecular weight is 283 g/mol. The highest BCUT2D eigenvalue weighted by atomic mass is 16.3. The number of benzene rings is 1. The molecule has 1 aliphatic carbocycles. The van der Waals surface area contributed by atoms with Crippen LogP contribution in [0, 0.1) is 22.7 Å².